The highest BCUT2D eigenvalue weighted by atomic mass is 32.2. The maximum atomic E-state index is 13.4. The maximum absolute atomic E-state index is 13.4. The minimum atomic E-state index is -4.44. The summed E-state index contributed by atoms with van der Waals surface area (Å²) in [4.78, 5) is 2.29. The fourth-order valence-corrected chi connectivity index (χ4v) is 3.60. The Hall–Kier alpha value is -2.01. The molecule has 7 heteroatoms. The first-order chi connectivity index (χ1) is 13.0. The Kier molecular flexibility index (Phi) is 6.42. The van der Waals surface area contributed by atoms with E-state index in [0.717, 1.165) is 29.8 Å². The molecule has 1 fully saturated rings. The van der Waals surface area contributed by atoms with Gasteiger partial charge in [-0.15, -0.1) is 0 Å². The number of nitriles is 1. The lowest BCUT2D eigenvalue weighted by atomic mass is 10.1. The summed E-state index contributed by atoms with van der Waals surface area (Å²) in [6.07, 6.45) is -3.62. The molecule has 3 rings (SSSR count). The molecule has 2 aromatic rings. The van der Waals surface area contributed by atoms with Crippen molar-refractivity contribution in [2.45, 2.75) is 36.7 Å². The molecule has 0 saturated carbocycles. The Morgan fingerprint density at radius 1 is 1.19 bits per heavy atom. The van der Waals surface area contributed by atoms with Crippen LogP contribution in [0, 0.1) is 10.7 Å². The lowest BCUT2D eigenvalue weighted by molar-refractivity contribution is -0.138. The van der Waals surface area contributed by atoms with Crippen molar-refractivity contribution in [1.29, 1.82) is 5.26 Å². The second-order valence-electron chi connectivity index (χ2n) is 6.45. The van der Waals surface area contributed by atoms with Crippen LogP contribution in [0.25, 0.3) is 0 Å². The van der Waals surface area contributed by atoms with Crippen molar-refractivity contribution in [3.8, 4) is 5.40 Å². The lowest BCUT2D eigenvalue weighted by Gasteiger charge is -2.20. The minimum Gasteiger partial charge on any atom is -0.372 e. The molecule has 1 aliphatic rings. The van der Waals surface area contributed by atoms with Crippen LogP contribution in [0.1, 0.15) is 23.1 Å². The molecule has 27 heavy (non-hydrogen) atoms. The topological polar surface area (TPSA) is 36.3 Å². The highest BCUT2D eigenvalue weighted by Crippen LogP contribution is 2.35. The van der Waals surface area contributed by atoms with Gasteiger partial charge < -0.3 is 4.74 Å². The monoisotopic (exact) mass is 392 g/mol. The third kappa shape index (κ3) is 5.48. The number of nitrogens with zero attached hydrogens (tertiary/aromatic N) is 2. The standard InChI is InChI=1S/C20H19F3N2OS/c21-20(22,23)19-10-18(27-14-24)7-6-16(19)11-25-9-8-17(12-25)26-13-15-4-2-1-3-5-15/h1-7,10,17H,8-9,11-13H2/t17-/m1/s1. The summed E-state index contributed by atoms with van der Waals surface area (Å²) >= 11 is 0.734. The molecule has 1 heterocycles. The largest absolute Gasteiger partial charge is 0.416 e. The van der Waals surface area contributed by atoms with E-state index in [9.17, 15) is 13.2 Å². The van der Waals surface area contributed by atoms with Crippen LogP contribution in [0.5, 0.6) is 0 Å². The molecule has 142 valence electrons. The quantitative estimate of drug-likeness (QED) is 0.508. The molecule has 0 amide bonds. The van der Waals surface area contributed by atoms with E-state index >= 15 is 0 Å². The predicted molar refractivity (Wildman–Crippen MR) is 97.8 cm³/mol. The number of hydrogen-bond acceptors (Lipinski definition) is 4. The molecule has 1 atom stereocenters. The molecule has 1 saturated heterocycles. The number of thioether (sulfide) groups is 1. The zero-order valence-corrected chi connectivity index (χ0v) is 15.4. The molecule has 0 spiro atoms. The number of hydrogen-bond donors (Lipinski definition) is 0. The van der Waals surface area contributed by atoms with Gasteiger partial charge in [-0.3, -0.25) is 4.90 Å². The summed E-state index contributed by atoms with van der Waals surface area (Å²) < 4.78 is 46.1. The van der Waals surface area contributed by atoms with E-state index in [4.69, 9.17) is 10.00 Å². The SMILES string of the molecule is N#CSc1ccc(CN2CC[C@@H](OCc3ccccc3)C2)c(C(F)(F)F)c1. The first kappa shape index (κ1) is 19.7. The summed E-state index contributed by atoms with van der Waals surface area (Å²) in [5, 5.41) is 10.5. The zero-order chi connectivity index (χ0) is 19.3. The second kappa shape index (κ2) is 8.79. The van der Waals surface area contributed by atoms with Gasteiger partial charge in [0.15, 0.2) is 0 Å². The first-order valence-electron chi connectivity index (χ1n) is 8.59. The Morgan fingerprint density at radius 3 is 2.67 bits per heavy atom. The van der Waals surface area contributed by atoms with Gasteiger partial charge in [0.25, 0.3) is 0 Å². The molecule has 0 unspecified atom stereocenters. The van der Waals surface area contributed by atoms with Crippen molar-refractivity contribution < 1.29 is 17.9 Å². The molecule has 2 aromatic carbocycles. The normalized spacial score (nSPS) is 17.8. The van der Waals surface area contributed by atoms with Gasteiger partial charge in [0.2, 0.25) is 0 Å². The summed E-state index contributed by atoms with van der Waals surface area (Å²) in [5.41, 5.74) is 0.644. The van der Waals surface area contributed by atoms with Crippen molar-refractivity contribution in [3.05, 3.63) is 65.2 Å². The van der Waals surface area contributed by atoms with Crippen LogP contribution in [-0.4, -0.2) is 24.1 Å². The van der Waals surface area contributed by atoms with E-state index in [0.29, 0.717) is 24.6 Å². The van der Waals surface area contributed by atoms with Gasteiger partial charge in [0, 0.05) is 24.5 Å². The van der Waals surface area contributed by atoms with Crippen molar-refractivity contribution in [2.75, 3.05) is 13.1 Å². The van der Waals surface area contributed by atoms with Gasteiger partial charge in [-0.1, -0.05) is 36.4 Å². The molecule has 0 bridgehead atoms. The molecular formula is C20H19F3N2OS. The molecule has 0 N–H and O–H groups in total. The molecule has 0 radical (unpaired) electrons. The number of halogens is 3. The van der Waals surface area contributed by atoms with E-state index in [1.807, 2.05) is 40.6 Å². The maximum Gasteiger partial charge on any atom is 0.416 e. The summed E-state index contributed by atoms with van der Waals surface area (Å²) in [6.45, 7) is 2.04. The Labute approximate surface area is 160 Å². The van der Waals surface area contributed by atoms with Gasteiger partial charge in [-0.05, 0) is 41.4 Å². The smallest absolute Gasteiger partial charge is 0.372 e. The number of benzene rings is 2. The van der Waals surface area contributed by atoms with Crippen LogP contribution < -0.4 is 0 Å². The highest BCUT2D eigenvalue weighted by molar-refractivity contribution is 8.03. The minimum absolute atomic E-state index is 0.0213. The van der Waals surface area contributed by atoms with Gasteiger partial charge in [-0.2, -0.15) is 18.4 Å². The molecule has 0 aromatic heterocycles. The van der Waals surface area contributed by atoms with Crippen molar-refractivity contribution >= 4 is 11.8 Å². The summed E-state index contributed by atoms with van der Waals surface area (Å²) in [5.74, 6) is 0. The summed E-state index contributed by atoms with van der Waals surface area (Å²) in [6, 6.07) is 13.9. The van der Waals surface area contributed by atoms with E-state index in [2.05, 4.69) is 0 Å². The Morgan fingerprint density at radius 2 is 1.96 bits per heavy atom. The van der Waals surface area contributed by atoms with E-state index in [1.54, 1.807) is 6.07 Å². The number of likely N-dealkylation sites (tertiary alicyclic amines) is 1. The van der Waals surface area contributed by atoms with Crippen LogP contribution in [0.15, 0.2) is 53.4 Å². The van der Waals surface area contributed by atoms with Crippen LogP contribution in [-0.2, 0) is 24.1 Å². The van der Waals surface area contributed by atoms with Crippen molar-refractivity contribution in [2.24, 2.45) is 0 Å². The van der Waals surface area contributed by atoms with E-state index in [-0.39, 0.29) is 18.2 Å². The third-order valence-electron chi connectivity index (χ3n) is 4.50. The lowest BCUT2D eigenvalue weighted by Crippen LogP contribution is -2.24. The number of thiocyanates is 1. The van der Waals surface area contributed by atoms with Crippen molar-refractivity contribution in [3.63, 3.8) is 0 Å². The zero-order valence-electron chi connectivity index (χ0n) is 14.6. The first-order valence-corrected chi connectivity index (χ1v) is 9.41. The number of alkyl halides is 3. The third-order valence-corrected chi connectivity index (χ3v) is 5.08. The van der Waals surface area contributed by atoms with Gasteiger partial charge >= 0.3 is 6.18 Å². The Balaban J connectivity index is 1.61. The molecule has 3 nitrogen and oxygen atoms in total. The van der Waals surface area contributed by atoms with Crippen molar-refractivity contribution in [1.82, 2.24) is 4.90 Å². The number of ether oxygens (including phenoxy) is 1. The van der Waals surface area contributed by atoms with Gasteiger partial charge in [0.1, 0.15) is 5.40 Å². The fraction of sp³-hybridized carbons (Fsp3) is 0.350. The van der Waals surface area contributed by atoms with E-state index < -0.39 is 11.7 Å². The number of rotatable bonds is 6. The van der Waals surface area contributed by atoms with Crippen LogP contribution in [0.3, 0.4) is 0 Å². The van der Waals surface area contributed by atoms with Crippen LogP contribution in [0.4, 0.5) is 13.2 Å². The Bertz CT molecular complexity index is 805. The highest BCUT2D eigenvalue weighted by Gasteiger charge is 2.34. The predicted octanol–water partition coefficient (Wildman–Crippen LogP) is 5.07. The van der Waals surface area contributed by atoms with Gasteiger partial charge in [0.05, 0.1) is 18.3 Å². The van der Waals surface area contributed by atoms with E-state index in [1.165, 1.54) is 6.07 Å². The average Bonchev–Trinajstić information content (AvgIpc) is 3.09. The fourth-order valence-electron chi connectivity index (χ4n) is 3.18. The van der Waals surface area contributed by atoms with Crippen LogP contribution >= 0.6 is 11.8 Å². The average molecular weight is 392 g/mol. The van der Waals surface area contributed by atoms with Crippen LogP contribution in [0.2, 0.25) is 0 Å². The molecular weight excluding hydrogens is 373 g/mol. The molecule has 1 aliphatic heterocycles. The summed E-state index contributed by atoms with van der Waals surface area (Å²) in [7, 11) is 0. The molecule has 0 aliphatic carbocycles. The second-order valence-corrected chi connectivity index (χ2v) is 7.31. The van der Waals surface area contributed by atoms with Gasteiger partial charge in [-0.25, -0.2) is 0 Å².